The fourth-order valence-electron chi connectivity index (χ4n) is 2.87. The Balaban J connectivity index is 1.77. The molecule has 2 aromatic rings. The zero-order valence-corrected chi connectivity index (χ0v) is 12.2. The number of phenols is 1. The summed E-state index contributed by atoms with van der Waals surface area (Å²) < 4.78 is 5.70. The molecule has 1 saturated heterocycles. The quantitative estimate of drug-likeness (QED) is 0.855. The summed E-state index contributed by atoms with van der Waals surface area (Å²) in [6.45, 7) is 1.50. The number of rotatable bonds is 3. The van der Waals surface area contributed by atoms with Gasteiger partial charge in [0.1, 0.15) is 11.9 Å². The summed E-state index contributed by atoms with van der Waals surface area (Å²) in [4.78, 5) is 12.3. The van der Waals surface area contributed by atoms with E-state index < -0.39 is 0 Å². The second kappa shape index (κ2) is 6.62. The van der Waals surface area contributed by atoms with Crippen molar-refractivity contribution in [2.75, 3.05) is 13.1 Å². The first-order valence-electron chi connectivity index (χ1n) is 7.50. The summed E-state index contributed by atoms with van der Waals surface area (Å²) in [7, 11) is 0. The van der Waals surface area contributed by atoms with E-state index in [4.69, 9.17) is 4.74 Å². The molecule has 1 heterocycles. The number of nitrogens with one attached hydrogen (secondary N) is 1. The lowest BCUT2D eigenvalue weighted by Gasteiger charge is -2.32. The molecule has 1 fully saturated rings. The number of phenolic OH excluding ortho intramolecular Hbond substituents is 1. The standard InChI is InChI=1S/C18H19NO3/c20-15-8-4-7-14(11-15)16-9-10-19-12-17(16)22-18(21)13-5-2-1-3-6-13/h1-8,11,16-17,19-20H,9-10,12H2/t16?,17-/m0/s1. The molecule has 4 heteroatoms. The molecule has 0 aliphatic carbocycles. The SMILES string of the molecule is O=C(O[C@H]1CNCCC1c1cccc(O)c1)c1ccccc1. The molecule has 1 aliphatic rings. The maximum absolute atomic E-state index is 12.3. The summed E-state index contributed by atoms with van der Waals surface area (Å²) >= 11 is 0. The van der Waals surface area contributed by atoms with Crippen LogP contribution < -0.4 is 5.32 Å². The monoisotopic (exact) mass is 297 g/mol. The van der Waals surface area contributed by atoms with E-state index in [0.717, 1.165) is 18.5 Å². The zero-order valence-electron chi connectivity index (χ0n) is 12.2. The van der Waals surface area contributed by atoms with Crippen LogP contribution in [0.25, 0.3) is 0 Å². The average molecular weight is 297 g/mol. The van der Waals surface area contributed by atoms with Gasteiger partial charge >= 0.3 is 5.97 Å². The maximum atomic E-state index is 12.3. The minimum Gasteiger partial charge on any atom is -0.508 e. The second-order valence-electron chi connectivity index (χ2n) is 5.50. The molecule has 0 saturated carbocycles. The van der Waals surface area contributed by atoms with Crippen molar-refractivity contribution in [3.05, 3.63) is 65.7 Å². The number of hydrogen-bond donors (Lipinski definition) is 2. The van der Waals surface area contributed by atoms with E-state index >= 15 is 0 Å². The summed E-state index contributed by atoms with van der Waals surface area (Å²) in [5, 5.41) is 12.9. The van der Waals surface area contributed by atoms with Crippen LogP contribution in [0.4, 0.5) is 0 Å². The van der Waals surface area contributed by atoms with Crippen molar-refractivity contribution in [3.63, 3.8) is 0 Å². The topological polar surface area (TPSA) is 58.6 Å². The number of piperidine rings is 1. The average Bonchev–Trinajstić information content (AvgIpc) is 2.56. The van der Waals surface area contributed by atoms with Gasteiger partial charge in [-0.25, -0.2) is 4.79 Å². The van der Waals surface area contributed by atoms with Gasteiger partial charge in [0.05, 0.1) is 5.56 Å². The predicted molar refractivity (Wildman–Crippen MR) is 84.0 cm³/mol. The van der Waals surface area contributed by atoms with Gasteiger partial charge in [-0.2, -0.15) is 0 Å². The molecule has 114 valence electrons. The second-order valence-corrected chi connectivity index (χ2v) is 5.50. The smallest absolute Gasteiger partial charge is 0.338 e. The lowest BCUT2D eigenvalue weighted by atomic mass is 9.87. The van der Waals surface area contributed by atoms with Crippen LogP contribution in [0.15, 0.2) is 54.6 Å². The third-order valence-electron chi connectivity index (χ3n) is 3.99. The molecule has 2 aromatic carbocycles. The van der Waals surface area contributed by atoms with Gasteiger partial charge in [0.25, 0.3) is 0 Å². The molecule has 22 heavy (non-hydrogen) atoms. The fourth-order valence-corrected chi connectivity index (χ4v) is 2.87. The van der Waals surface area contributed by atoms with Crippen molar-refractivity contribution in [1.82, 2.24) is 5.32 Å². The van der Waals surface area contributed by atoms with Crippen LogP contribution in [-0.4, -0.2) is 30.3 Å². The molecule has 0 aromatic heterocycles. The van der Waals surface area contributed by atoms with E-state index in [9.17, 15) is 9.90 Å². The zero-order chi connectivity index (χ0) is 15.4. The maximum Gasteiger partial charge on any atom is 0.338 e. The van der Waals surface area contributed by atoms with Gasteiger partial charge in [-0.1, -0.05) is 30.3 Å². The molecule has 0 amide bonds. The van der Waals surface area contributed by atoms with Gasteiger partial charge in [0.15, 0.2) is 0 Å². The molecular weight excluding hydrogens is 278 g/mol. The van der Waals surface area contributed by atoms with Gasteiger partial charge in [-0.05, 0) is 42.8 Å². The normalized spacial score (nSPS) is 21.3. The van der Waals surface area contributed by atoms with E-state index in [0.29, 0.717) is 12.1 Å². The molecule has 2 N–H and O–H groups in total. The highest BCUT2D eigenvalue weighted by atomic mass is 16.5. The van der Waals surface area contributed by atoms with Gasteiger partial charge < -0.3 is 15.2 Å². The number of ether oxygens (including phenoxy) is 1. The third kappa shape index (κ3) is 3.28. The third-order valence-corrected chi connectivity index (χ3v) is 3.99. The van der Waals surface area contributed by atoms with Crippen molar-refractivity contribution in [1.29, 1.82) is 0 Å². The first-order valence-corrected chi connectivity index (χ1v) is 7.50. The number of benzene rings is 2. The van der Waals surface area contributed by atoms with Crippen molar-refractivity contribution in [2.24, 2.45) is 0 Å². The molecule has 0 radical (unpaired) electrons. The van der Waals surface area contributed by atoms with Gasteiger partial charge in [0.2, 0.25) is 0 Å². The molecule has 4 nitrogen and oxygen atoms in total. The molecule has 0 bridgehead atoms. The number of esters is 1. The first-order chi connectivity index (χ1) is 10.7. The van der Waals surface area contributed by atoms with Crippen molar-refractivity contribution in [2.45, 2.75) is 18.4 Å². The van der Waals surface area contributed by atoms with Crippen LogP contribution in [0.5, 0.6) is 5.75 Å². The Hall–Kier alpha value is -2.33. The molecule has 0 spiro atoms. The van der Waals surface area contributed by atoms with Crippen molar-refractivity contribution in [3.8, 4) is 5.75 Å². The number of carbonyl (C=O) groups excluding carboxylic acids is 1. The van der Waals surface area contributed by atoms with Gasteiger partial charge in [-0.15, -0.1) is 0 Å². The lowest BCUT2D eigenvalue weighted by Crippen LogP contribution is -2.42. The Morgan fingerprint density at radius 1 is 1.14 bits per heavy atom. The van der Waals surface area contributed by atoms with Crippen LogP contribution >= 0.6 is 0 Å². The van der Waals surface area contributed by atoms with Crippen molar-refractivity contribution >= 4 is 5.97 Å². The van der Waals surface area contributed by atoms with Crippen LogP contribution in [0.3, 0.4) is 0 Å². The fraction of sp³-hybridized carbons (Fsp3) is 0.278. The number of aromatic hydroxyl groups is 1. The first kappa shape index (κ1) is 14.6. The Kier molecular flexibility index (Phi) is 4.39. The van der Waals surface area contributed by atoms with E-state index in [2.05, 4.69) is 5.32 Å². The Bertz CT molecular complexity index is 642. The van der Waals surface area contributed by atoms with Crippen LogP contribution in [0, 0.1) is 0 Å². The predicted octanol–water partition coefficient (Wildman–Crippen LogP) is 2.69. The van der Waals surface area contributed by atoms with Crippen LogP contribution in [0.1, 0.15) is 28.3 Å². The minimum absolute atomic E-state index is 0.0982. The Labute approximate surface area is 129 Å². The van der Waals surface area contributed by atoms with E-state index in [-0.39, 0.29) is 23.7 Å². The van der Waals surface area contributed by atoms with Crippen molar-refractivity contribution < 1.29 is 14.6 Å². The molecule has 1 unspecified atom stereocenters. The molecule has 2 atom stereocenters. The highest BCUT2D eigenvalue weighted by molar-refractivity contribution is 5.89. The summed E-state index contributed by atoms with van der Waals surface area (Å²) in [6, 6.07) is 16.2. The molecular formula is C18H19NO3. The van der Waals surface area contributed by atoms with E-state index in [1.807, 2.05) is 30.3 Å². The summed E-state index contributed by atoms with van der Waals surface area (Å²) in [5.41, 5.74) is 1.56. The highest BCUT2D eigenvalue weighted by Gasteiger charge is 2.30. The van der Waals surface area contributed by atoms with E-state index in [1.165, 1.54) is 0 Å². The van der Waals surface area contributed by atoms with Gasteiger partial charge in [-0.3, -0.25) is 0 Å². The lowest BCUT2D eigenvalue weighted by molar-refractivity contribution is 0.0182. The summed E-state index contributed by atoms with van der Waals surface area (Å²) in [5.74, 6) is 0.0321. The van der Waals surface area contributed by atoms with E-state index in [1.54, 1.807) is 24.3 Å². The highest BCUT2D eigenvalue weighted by Crippen LogP contribution is 2.30. The number of hydrogen-bond acceptors (Lipinski definition) is 4. The Morgan fingerprint density at radius 3 is 2.73 bits per heavy atom. The molecule has 3 rings (SSSR count). The summed E-state index contributed by atoms with van der Waals surface area (Å²) in [6.07, 6.45) is 0.638. The Morgan fingerprint density at radius 2 is 1.95 bits per heavy atom. The van der Waals surface area contributed by atoms with Gasteiger partial charge in [0, 0.05) is 12.5 Å². The van der Waals surface area contributed by atoms with Crippen LogP contribution in [-0.2, 0) is 4.74 Å². The van der Waals surface area contributed by atoms with Crippen LogP contribution in [0.2, 0.25) is 0 Å². The number of carbonyl (C=O) groups is 1. The minimum atomic E-state index is -0.306. The largest absolute Gasteiger partial charge is 0.508 e. The molecule has 1 aliphatic heterocycles.